The Morgan fingerprint density at radius 2 is 0.534 bits per heavy atom. The second-order valence-corrected chi connectivity index (χ2v) is 38.6. The molecule has 0 heterocycles. The largest absolute Gasteiger partial charge is 0.481 e. The second kappa shape index (κ2) is 58.8. The maximum Gasteiger partial charge on any atom is 0.326 e. The molecular formula is C96H159N17O20. The van der Waals surface area contributed by atoms with Crippen molar-refractivity contribution >= 4 is 106 Å². The van der Waals surface area contributed by atoms with Crippen LogP contribution >= 0.6 is 0 Å². The molecule has 133 heavy (non-hydrogen) atoms. The van der Waals surface area contributed by atoms with Gasteiger partial charge in [-0.3, -0.25) is 81.5 Å². The van der Waals surface area contributed by atoms with Gasteiger partial charge >= 0.3 is 11.9 Å². The molecule has 37 nitrogen and oxygen atoms in total. The van der Waals surface area contributed by atoms with E-state index in [1.165, 1.54) is 6.92 Å². The molecule has 0 saturated carbocycles. The Morgan fingerprint density at radius 3 is 0.872 bits per heavy atom. The third-order valence-electron chi connectivity index (χ3n) is 23.5. The van der Waals surface area contributed by atoms with E-state index in [4.69, 9.17) is 5.73 Å². The van der Waals surface area contributed by atoms with Crippen molar-refractivity contribution in [1.29, 1.82) is 0 Å². The van der Waals surface area contributed by atoms with Gasteiger partial charge in [0.25, 0.3) is 0 Å². The number of aliphatic carboxylic acids is 2. The zero-order valence-corrected chi connectivity index (χ0v) is 83.0. The smallest absolute Gasteiger partial charge is 0.326 e. The quantitative estimate of drug-likeness (QED) is 0.0442. The van der Waals surface area contributed by atoms with Gasteiger partial charge in [-0.2, -0.15) is 0 Å². The highest BCUT2D eigenvalue weighted by atomic mass is 16.4. The maximum absolute atomic E-state index is 14.8. The van der Waals surface area contributed by atoms with Crippen LogP contribution in [-0.4, -0.2) is 220 Å². The van der Waals surface area contributed by atoms with Crippen molar-refractivity contribution in [2.45, 2.75) is 347 Å². The molecule has 20 atom stereocenters. The molecule has 0 saturated heterocycles. The van der Waals surface area contributed by atoms with E-state index in [0.717, 1.165) is 5.56 Å². The number of carbonyl (C=O) groups excluding carboxylic acids is 16. The Balaban J connectivity index is 2.38. The van der Waals surface area contributed by atoms with Gasteiger partial charge in [-0.1, -0.05) is 253 Å². The molecule has 0 unspecified atom stereocenters. The lowest BCUT2D eigenvalue weighted by Gasteiger charge is -2.32. The number of carbonyl (C=O) groups is 18. The Morgan fingerprint density at radius 1 is 0.278 bits per heavy atom. The number of hydrogen-bond acceptors (Lipinski definition) is 19. The number of carboxylic acids is 2. The first-order valence-corrected chi connectivity index (χ1v) is 47.2. The predicted octanol–water partition coefficient (Wildman–Crippen LogP) is 4.15. The Bertz CT molecular complexity index is 4150. The number of rotatable bonds is 60. The molecule has 2 aromatic carbocycles. The van der Waals surface area contributed by atoms with Crippen molar-refractivity contribution < 1.29 is 96.5 Å². The van der Waals surface area contributed by atoms with E-state index in [1.54, 1.807) is 169 Å². The predicted molar refractivity (Wildman–Crippen MR) is 505 cm³/mol. The summed E-state index contributed by atoms with van der Waals surface area (Å²) in [4.78, 5) is 253. The fourth-order valence-electron chi connectivity index (χ4n) is 14.6. The molecule has 0 aliphatic carbocycles. The highest BCUT2D eigenvalue weighted by molar-refractivity contribution is 6.01. The standard InChI is InChI=1S/C96H159N17O20/c1-26-57(21)77(106-71(114)48-98-83(119)66(42-49(5)6)101-82(118)64(97)46-62-36-32-30-33-37-62)94(130)110-76(56(19)20)90(126)109-74(54(15)16)89(125)100-65(40-41-72(115)116)84(120)107-75(55(17)18)91(127)112-78(58(22)27-2)92(128)103-67(43-50(7)8)85(121)102-69(45-52(11)12)87(123)108-73(53(13)14)88(124)99-61(25)81(117)111-80(60(24)29-4)95(131)113-79(59(23)28-3)93(129)104-68(44-51(9)10)86(122)105-70(96(132)133)47-63-38-34-31-35-39-63/h30-39,49-61,64-70,73-80H,26-29,40-48,97H2,1-25H3,(H,98,119)(H,99,124)(H,100,125)(H,101,118)(H,102,121)(H,103,128)(H,104,129)(H,105,122)(H,106,114)(H,107,120)(H,108,123)(H,109,126)(H,110,130)(H,111,117)(H,112,127)(H,113,131)(H,115,116)(H,132,133)/t57-,58-,59-,60-,61-,64-,65-,66-,67-,68-,69-,70-,73-,74-,75-,76-,77-,78-,79-,80-/m0/s1. The van der Waals surface area contributed by atoms with Gasteiger partial charge < -0.3 is 101 Å². The number of hydrogen-bond donors (Lipinski definition) is 19. The molecule has 2 rings (SSSR count). The van der Waals surface area contributed by atoms with Crippen LogP contribution in [0.2, 0.25) is 0 Å². The molecule has 2 aromatic rings. The average molecular weight is 1870 g/mol. The van der Waals surface area contributed by atoms with Crippen LogP contribution in [0.5, 0.6) is 0 Å². The molecule has 748 valence electrons. The van der Waals surface area contributed by atoms with Crippen molar-refractivity contribution in [3.05, 3.63) is 71.8 Å². The summed E-state index contributed by atoms with van der Waals surface area (Å²) < 4.78 is 0. The number of carboxylic acid groups (broad SMARTS) is 2. The Hall–Kier alpha value is -11.1. The van der Waals surface area contributed by atoms with Gasteiger partial charge in [0.05, 0.1) is 12.6 Å². The van der Waals surface area contributed by atoms with Crippen molar-refractivity contribution in [2.75, 3.05) is 6.54 Å². The lowest BCUT2D eigenvalue weighted by Crippen LogP contribution is -2.63. The molecule has 0 radical (unpaired) electrons. The first kappa shape index (κ1) is 118. The fraction of sp³-hybridized carbons (Fsp3) is 0.688. The second-order valence-electron chi connectivity index (χ2n) is 38.6. The van der Waals surface area contributed by atoms with Crippen LogP contribution in [-0.2, 0) is 99.1 Å². The SMILES string of the molecule is CC[C@H](C)[C@H](NC(=O)CNC(=O)[C@H](CC(C)C)NC(=O)[C@@H](N)Cc1ccccc1)C(=O)N[C@H](C(=O)N[C@H](C(=O)N[C@@H](CCC(=O)O)C(=O)N[C@H](C(=O)N[C@H](C(=O)N[C@@H](CC(C)C)C(=O)N[C@@H](CC(C)C)C(=O)N[C@H](C(=O)N[C@@H](C)C(=O)N[C@H](C(=O)N[C@H](C(=O)N[C@@H](CC(C)C)C(=O)N[C@@H](Cc1ccccc1)C(=O)O)[C@@H](C)CC)[C@@H](C)CC)C(C)C)[C@@H](C)CC)C(C)C)C(C)C)C(C)C. The summed E-state index contributed by atoms with van der Waals surface area (Å²) in [7, 11) is 0. The van der Waals surface area contributed by atoms with Gasteiger partial charge in [0.2, 0.25) is 94.5 Å². The molecule has 0 aromatic heterocycles. The van der Waals surface area contributed by atoms with E-state index in [0.29, 0.717) is 31.2 Å². The van der Waals surface area contributed by atoms with E-state index >= 15 is 0 Å². The third kappa shape index (κ3) is 41.5. The van der Waals surface area contributed by atoms with Crippen LogP contribution in [0.15, 0.2) is 60.7 Å². The molecule has 20 N–H and O–H groups in total. The van der Waals surface area contributed by atoms with Gasteiger partial charge in [0.1, 0.15) is 90.6 Å². The molecule has 37 heteroatoms. The summed E-state index contributed by atoms with van der Waals surface area (Å²) in [6.07, 6.45) is 0.798. The normalized spacial score (nSPS) is 16.1. The third-order valence-corrected chi connectivity index (χ3v) is 23.5. The lowest BCUT2D eigenvalue weighted by atomic mass is 9.94. The first-order valence-electron chi connectivity index (χ1n) is 47.2. The molecule has 0 aliphatic rings. The van der Waals surface area contributed by atoms with Crippen molar-refractivity contribution in [3.8, 4) is 0 Å². The minimum absolute atomic E-state index is 0.0138. The van der Waals surface area contributed by atoms with Crippen molar-refractivity contribution in [3.63, 3.8) is 0 Å². The van der Waals surface area contributed by atoms with Crippen LogP contribution in [0, 0.1) is 71.0 Å². The van der Waals surface area contributed by atoms with Gasteiger partial charge in [0, 0.05) is 12.8 Å². The van der Waals surface area contributed by atoms with Crippen LogP contribution in [0.4, 0.5) is 0 Å². The molecular weight excluding hydrogens is 1710 g/mol. The summed E-state index contributed by atoms with van der Waals surface area (Å²) in [5.74, 6) is -21.0. The van der Waals surface area contributed by atoms with Crippen LogP contribution in [0.25, 0.3) is 0 Å². The summed E-state index contributed by atoms with van der Waals surface area (Å²) >= 11 is 0. The number of nitrogens with one attached hydrogen (secondary N) is 16. The number of nitrogens with two attached hydrogens (primary N) is 1. The summed E-state index contributed by atoms with van der Waals surface area (Å²) in [6, 6.07) is -3.08. The van der Waals surface area contributed by atoms with Gasteiger partial charge in [-0.25, -0.2) is 4.79 Å². The monoisotopic (exact) mass is 1870 g/mol. The zero-order chi connectivity index (χ0) is 101. The molecule has 0 spiro atoms. The van der Waals surface area contributed by atoms with Gasteiger partial charge in [-0.15, -0.1) is 0 Å². The van der Waals surface area contributed by atoms with Gasteiger partial charge in [-0.05, 0) is 128 Å². The molecule has 0 bridgehead atoms. The van der Waals surface area contributed by atoms with E-state index in [9.17, 15) is 96.5 Å². The number of benzene rings is 2. The van der Waals surface area contributed by atoms with E-state index in [1.807, 2.05) is 58.0 Å². The van der Waals surface area contributed by atoms with Crippen LogP contribution in [0.3, 0.4) is 0 Å². The highest BCUT2D eigenvalue weighted by Crippen LogP contribution is 2.21. The van der Waals surface area contributed by atoms with E-state index < -0.39 is 270 Å². The summed E-state index contributed by atoms with van der Waals surface area (Å²) in [5.41, 5.74) is 7.70. The Kier molecular flexibility index (Phi) is 52.1. The summed E-state index contributed by atoms with van der Waals surface area (Å²) in [6.45, 7) is 42.1. The van der Waals surface area contributed by atoms with Crippen molar-refractivity contribution in [1.82, 2.24) is 85.1 Å². The molecule has 16 amide bonds. The lowest BCUT2D eigenvalue weighted by molar-refractivity contribution is -0.142. The van der Waals surface area contributed by atoms with E-state index in [-0.39, 0.29) is 62.2 Å². The highest BCUT2D eigenvalue weighted by Gasteiger charge is 2.42. The van der Waals surface area contributed by atoms with E-state index in [2.05, 4.69) is 85.1 Å². The molecule has 0 fully saturated rings. The number of amides is 16. The minimum atomic E-state index is -1.65. The topological polar surface area (TPSA) is 566 Å². The fourth-order valence-corrected chi connectivity index (χ4v) is 14.6. The summed E-state index contributed by atoms with van der Waals surface area (Å²) in [5, 5.41) is 63.0. The molecule has 0 aliphatic heterocycles. The zero-order valence-electron chi connectivity index (χ0n) is 83.0. The minimum Gasteiger partial charge on any atom is -0.481 e. The van der Waals surface area contributed by atoms with Crippen molar-refractivity contribution in [2.24, 2.45) is 76.7 Å². The maximum atomic E-state index is 14.8. The average Bonchev–Trinajstić information content (AvgIpc) is 0.841. The first-order chi connectivity index (χ1) is 62.1. The Labute approximate surface area is 786 Å². The van der Waals surface area contributed by atoms with Gasteiger partial charge in [0.15, 0.2) is 0 Å². The van der Waals surface area contributed by atoms with Crippen LogP contribution in [0.1, 0.15) is 248 Å². The van der Waals surface area contributed by atoms with Crippen LogP contribution < -0.4 is 90.8 Å².